The molecule has 0 aromatic heterocycles. The highest BCUT2D eigenvalue weighted by molar-refractivity contribution is 8.00. The van der Waals surface area contributed by atoms with Crippen molar-refractivity contribution in [2.24, 2.45) is 0 Å². The Bertz CT molecular complexity index is 343. The second-order valence-corrected chi connectivity index (χ2v) is 7.52. The summed E-state index contributed by atoms with van der Waals surface area (Å²) in [6.07, 6.45) is 2.26. The first-order valence-electron chi connectivity index (χ1n) is 5.28. The minimum Gasteiger partial charge on any atom is -0.363 e. The number of nitrogens with one attached hydrogen (secondary N) is 1. The highest BCUT2D eigenvalue weighted by atomic mass is 32.2. The van der Waals surface area contributed by atoms with Crippen LogP contribution in [-0.2, 0) is 9.84 Å². The van der Waals surface area contributed by atoms with Gasteiger partial charge in [-0.15, -0.1) is 0 Å². The van der Waals surface area contributed by atoms with Gasteiger partial charge in [-0.3, -0.25) is 0 Å². The summed E-state index contributed by atoms with van der Waals surface area (Å²) < 4.78 is 23.3. The summed E-state index contributed by atoms with van der Waals surface area (Å²) in [5, 5.41) is 3.19. The quantitative estimate of drug-likeness (QED) is 0.769. The first-order chi connectivity index (χ1) is 7.46. The fraction of sp³-hybridized carbons (Fsp3) is 0.889. The standard InChI is InChI=1S/C9H18N2O2S3/c1-3-4-10-9(14)11-5-6-15-7-8(11)16(2,12)13/h8H,3-7H2,1-2H3,(H,10,14). The molecule has 0 saturated carbocycles. The predicted octanol–water partition coefficient (Wildman–Crippen LogP) is 0.690. The lowest BCUT2D eigenvalue weighted by molar-refractivity contribution is 0.404. The van der Waals surface area contributed by atoms with Crippen molar-refractivity contribution >= 4 is 38.9 Å². The molecule has 1 aliphatic heterocycles. The highest BCUT2D eigenvalue weighted by Crippen LogP contribution is 2.20. The third-order valence-electron chi connectivity index (χ3n) is 2.37. The molecule has 1 saturated heterocycles. The summed E-state index contributed by atoms with van der Waals surface area (Å²) in [6, 6.07) is 0. The minimum absolute atomic E-state index is 0.469. The summed E-state index contributed by atoms with van der Waals surface area (Å²) in [5.74, 6) is 1.53. The number of hydrogen-bond acceptors (Lipinski definition) is 4. The first kappa shape index (κ1) is 14.1. The number of hydrogen-bond donors (Lipinski definition) is 1. The van der Waals surface area contributed by atoms with Crippen molar-refractivity contribution in [2.75, 3.05) is 30.9 Å². The lowest BCUT2D eigenvalue weighted by atomic mass is 10.5. The third-order valence-corrected chi connectivity index (χ3v) is 5.39. The van der Waals surface area contributed by atoms with Crippen molar-refractivity contribution in [2.45, 2.75) is 18.7 Å². The molecule has 1 unspecified atom stereocenters. The summed E-state index contributed by atoms with van der Waals surface area (Å²) in [5.41, 5.74) is 0. The van der Waals surface area contributed by atoms with Crippen LogP contribution < -0.4 is 5.32 Å². The Balaban J connectivity index is 2.71. The molecule has 0 radical (unpaired) electrons. The zero-order valence-electron chi connectivity index (χ0n) is 9.60. The summed E-state index contributed by atoms with van der Waals surface area (Å²) in [7, 11) is -3.07. The fourth-order valence-corrected chi connectivity index (χ4v) is 4.71. The smallest absolute Gasteiger partial charge is 0.170 e. The Morgan fingerprint density at radius 3 is 2.88 bits per heavy atom. The molecule has 1 aliphatic rings. The third kappa shape index (κ3) is 3.78. The number of thiocarbonyl (C=S) groups is 1. The fourth-order valence-electron chi connectivity index (χ4n) is 1.50. The van der Waals surface area contributed by atoms with Crippen molar-refractivity contribution < 1.29 is 8.42 Å². The summed E-state index contributed by atoms with van der Waals surface area (Å²) >= 11 is 6.89. The topological polar surface area (TPSA) is 49.4 Å². The van der Waals surface area contributed by atoms with Gasteiger partial charge in [0.2, 0.25) is 0 Å². The van der Waals surface area contributed by atoms with E-state index >= 15 is 0 Å². The van der Waals surface area contributed by atoms with Crippen LogP contribution in [0.3, 0.4) is 0 Å². The maximum atomic E-state index is 11.6. The van der Waals surface area contributed by atoms with Crippen LogP contribution in [0.25, 0.3) is 0 Å². The SMILES string of the molecule is CCCNC(=S)N1CCSCC1S(C)(=O)=O. The molecule has 7 heteroatoms. The Morgan fingerprint density at radius 1 is 1.62 bits per heavy atom. The Morgan fingerprint density at radius 2 is 2.31 bits per heavy atom. The van der Waals surface area contributed by atoms with Crippen molar-refractivity contribution in [1.29, 1.82) is 0 Å². The molecule has 1 N–H and O–H groups in total. The van der Waals surface area contributed by atoms with Gasteiger partial charge in [0.25, 0.3) is 0 Å². The van der Waals surface area contributed by atoms with E-state index in [0.29, 0.717) is 17.4 Å². The Labute approximate surface area is 107 Å². The average molecular weight is 282 g/mol. The van der Waals surface area contributed by atoms with Gasteiger partial charge >= 0.3 is 0 Å². The monoisotopic (exact) mass is 282 g/mol. The molecule has 1 rings (SSSR count). The largest absolute Gasteiger partial charge is 0.363 e. The maximum absolute atomic E-state index is 11.6. The van der Waals surface area contributed by atoms with E-state index in [1.54, 1.807) is 16.7 Å². The van der Waals surface area contributed by atoms with E-state index in [1.807, 2.05) is 0 Å². The van der Waals surface area contributed by atoms with Crippen molar-refractivity contribution in [3.63, 3.8) is 0 Å². The van der Waals surface area contributed by atoms with E-state index in [9.17, 15) is 8.42 Å². The van der Waals surface area contributed by atoms with E-state index < -0.39 is 15.2 Å². The lowest BCUT2D eigenvalue weighted by Crippen LogP contribution is -2.53. The molecule has 0 aromatic rings. The van der Waals surface area contributed by atoms with Gasteiger partial charge in [0, 0.05) is 30.9 Å². The van der Waals surface area contributed by atoms with Crippen LogP contribution in [0.2, 0.25) is 0 Å². The molecular formula is C9H18N2O2S3. The van der Waals surface area contributed by atoms with Crippen molar-refractivity contribution in [3.05, 3.63) is 0 Å². The van der Waals surface area contributed by atoms with Crippen LogP contribution in [0, 0.1) is 0 Å². The molecule has 0 bridgehead atoms. The van der Waals surface area contributed by atoms with Crippen LogP contribution in [0.4, 0.5) is 0 Å². The average Bonchev–Trinajstić information content (AvgIpc) is 2.24. The highest BCUT2D eigenvalue weighted by Gasteiger charge is 2.32. The van der Waals surface area contributed by atoms with Gasteiger partial charge in [-0.05, 0) is 18.6 Å². The Hall–Kier alpha value is -0.0100. The summed E-state index contributed by atoms with van der Waals surface area (Å²) in [6.45, 7) is 3.55. The molecule has 1 fully saturated rings. The van der Waals surface area contributed by atoms with E-state index in [0.717, 1.165) is 18.7 Å². The first-order valence-corrected chi connectivity index (χ1v) is 8.79. The normalized spacial score (nSPS) is 21.9. The van der Waals surface area contributed by atoms with Crippen molar-refractivity contribution in [1.82, 2.24) is 10.2 Å². The number of rotatable bonds is 3. The molecular weight excluding hydrogens is 264 g/mol. The molecule has 1 heterocycles. The summed E-state index contributed by atoms with van der Waals surface area (Å²) in [4.78, 5) is 1.80. The van der Waals surface area contributed by atoms with Crippen LogP contribution in [-0.4, -0.2) is 54.7 Å². The lowest BCUT2D eigenvalue weighted by Gasteiger charge is -2.35. The van der Waals surface area contributed by atoms with Crippen LogP contribution in [0.5, 0.6) is 0 Å². The van der Waals surface area contributed by atoms with Crippen LogP contribution in [0.15, 0.2) is 0 Å². The zero-order valence-corrected chi connectivity index (χ0v) is 12.1. The zero-order chi connectivity index (χ0) is 12.2. The van der Waals surface area contributed by atoms with E-state index in [1.165, 1.54) is 6.26 Å². The predicted molar refractivity (Wildman–Crippen MR) is 73.6 cm³/mol. The van der Waals surface area contributed by atoms with E-state index in [4.69, 9.17) is 12.2 Å². The molecule has 16 heavy (non-hydrogen) atoms. The molecule has 0 aromatic carbocycles. The second kappa shape index (κ2) is 6.07. The Kier molecular flexibility index (Phi) is 5.33. The van der Waals surface area contributed by atoms with Gasteiger partial charge in [0.1, 0.15) is 5.37 Å². The molecule has 0 spiro atoms. The molecule has 0 aliphatic carbocycles. The van der Waals surface area contributed by atoms with E-state index in [-0.39, 0.29) is 0 Å². The molecule has 94 valence electrons. The second-order valence-electron chi connectivity index (χ2n) is 3.78. The van der Waals surface area contributed by atoms with Gasteiger partial charge in [0.15, 0.2) is 14.9 Å². The van der Waals surface area contributed by atoms with Gasteiger partial charge in [0.05, 0.1) is 0 Å². The maximum Gasteiger partial charge on any atom is 0.170 e. The number of sulfone groups is 1. The van der Waals surface area contributed by atoms with Crippen LogP contribution in [0.1, 0.15) is 13.3 Å². The molecule has 0 amide bonds. The molecule has 1 atom stereocenters. The van der Waals surface area contributed by atoms with Crippen LogP contribution >= 0.6 is 24.0 Å². The molecule has 4 nitrogen and oxygen atoms in total. The number of thioether (sulfide) groups is 1. The van der Waals surface area contributed by atoms with Gasteiger partial charge in [-0.25, -0.2) is 8.42 Å². The van der Waals surface area contributed by atoms with Gasteiger partial charge in [-0.2, -0.15) is 11.8 Å². The van der Waals surface area contributed by atoms with Crippen molar-refractivity contribution in [3.8, 4) is 0 Å². The number of nitrogens with zero attached hydrogens (tertiary/aromatic N) is 1. The minimum atomic E-state index is -3.07. The van der Waals surface area contributed by atoms with Gasteiger partial charge in [-0.1, -0.05) is 6.92 Å². The van der Waals surface area contributed by atoms with Gasteiger partial charge < -0.3 is 10.2 Å². The van der Waals surface area contributed by atoms with E-state index in [2.05, 4.69) is 12.2 Å².